The minimum absolute atomic E-state index is 0.162. The molecule has 0 bridgehead atoms. The Morgan fingerprint density at radius 1 is 1.04 bits per heavy atom. The van der Waals surface area contributed by atoms with Crippen LogP contribution in [0.15, 0.2) is 0 Å². The molecule has 9 atom stereocenters. The molecule has 3 saturated heterocycles. The fourth-order valence-electron chi connectivity index (χ4n) is 2.90. The van der Waals surface area contributed by atoms with Crippen molar-refractivity contribution in [3.8, 4) is 0 Å². The van der Waals surface area contributed by atoms with Gasteiger partial charge in [-0.15, -0.1) is 34.8 Å². The van der Waals surface area contributed by atoms with E-state index in [0.717, 1.165) is 0 Å². The van der Waals surface area contributed by atoms with Gasteiger partial charge in [-0.1, -0.05) is 0 Å². The second kappa shape index (κ2) is 6.29. The molecule has 3 heterocycles. The molecule has 0 saturated carbocycles. The van der Waals surface area contributed by atoms with Gasteiger partial charge in [-0.25, -0.2) is 0 Å². The number of fused-ring (bicyclic) bond motifs is 1. The Kier molecular flexibility index (Phi) is 5.05. The molecular formula is C12H17Cl3O9. The first kappa shape index (κ1) is 19.3. The lowest BCUT2D eigenvalue weighted by molar-refractivity contribution is -0.379. The molecule has 140 valence electrons. The minimum Gasteiger partial charge on any atom is -0.394 e. The summed E-state index contributed by atoms with van der Waals surface area (Å²) in [6.45, 7) is -0.597. The molecule has 0 aromatic heterocycles. The molecule has 0 aromatic rings. The summed E-state index contributed by atoms with van der Waals surface area (Å²) in [6.07, 6.45) is -6.84. The summed E-state index contributed by atoms with van der Waals surface area (Å²) in [5.41, 5.74) is 0. The Balaban J connectivity index is 1.87. The van der Waals surface area contributed by atoms with Crippen molar-refractivity contribution in [2.75, 3.05) is 18.4 Å². The van der Waals surface area contributed by atoms with Gasteiger partial charge in [0.2, 0.25) is 5.79 Å². The molecule has 0 aliphatic carbocycles. The number of aliphatic hydroxyl groups excluding tert-OH is 4. The number of hydrogen-bond acceptors (Lipinski definition) is 9. The first-order valence-electron chi connectivity index (χ1n) is 7.09. The van der Waals surface area contributed by atoms with Crippen LogP contribution in [0.4, 0.5) is 0 Å². The van der Waals surface area contributed by atoms with Crippen LogP contribution in [0.25, 0.3) is 0 Å². The Morgan fingerprint density at radius 2 is 1.71 bits per heavy atom. The Hall–Kier alpha value is 0.510. The van der Waals surface area contributed by atoms with Crippen LogP contribution in [0.2, 0.25) is 0 Å². The van der Waals surface area contributed by atoms with E-state index in [1.165, 1.54) is 0 Å². The van der Waals surface area contributed by atoms with Crippen LogP contribution in [-0.4, -0.2) is 97.3 Å². The highest BCUT2D eigenvalue weighted by Crippen LogP contribution is 2.58. The summed E-state index contributed by atoms with van der Waals surface area (Å²) in [4.78, 5) is 0. The van der Waals surface area contributed by atoms with Crippen molar-refractivity contribution in [2.45, 2.75) is 53.4 Å². The highest BCUT2D eigenvalue weighted by atomic mass is 35.5. The summed E-state index contributed by atoms with van der Waals surface area (Å²) in [7, 11) is 0. The predicted molar refractivity (Wildman–Crippen MR) is 78.5 cm³/mol. The van der Waals surface area contributed by atoms with Gasteiger partial charge in [-0.2, -0.15) is 0 Å². The van der Waals surface area contributed by atoms with E-state index < -0.39 is 65.9 Å². The van der Waals surface area contributed by atoms with Crippen molar-refractivity contribution in [1.29, 1.82) is 0 Å². The van der Waals surface area contributed by atoms with Crippen molar-refractivity contribution < 1.29 is 44.5 Å². The zero-order valence-corrected chi connectivity index (χ0v) is 14.4. The Labute approximate surface area is 151 Å². The molecule has 0 radical (unpaired) electrons. The average molecular weight is 412 g/mol. The van der Waals surface area contributed by atoms with Gasteiger partial charge in [0.1, 0.15) is 30.5 Å². The molecular weight excluding hydrogens is 394 g/mol. The highest BCUT2D eigenvalue weighted by Gasteiger charge is 2.85. The van der Waals surface area contributed by atoms with E-state index in [-0.39, 0.29) is 5.88 Å². The topological polar surface area (TPSA) is 141 Å². The first-order valence-corrected chi connectivity index (χ1v) is 8.60. The monoisotopic (exact) mass is 410 g/mol. The van der Waals surface area contributed by atoms with E-state index >= 15 is 0 Å². The molecule has 3 aliphatic heterocycles. The predicted octanol–water partition coefficient (Wildman–Crippen LogP) is -1.97. The number of aliphatic hydroxyl groups is 5. The SMILES string of the molecule is OC[C@H]1O[C@@]2(O[C@]3(CCl)O[C@H](CCl)[C@@H](O)[C@@H]3O)O[C@]2(O)[C@@H](O)[C@H]1Cl. The quantitative estimate of drug-likeness (QED) is 0.257. The van der Waals surface area contributed by atoms with Crippen molar-refractivity contribution in [2.24, 2.45) is 0 Å². The van der Waals surface area contributed by atoms with E-state index in [9.17, 15) is 25.5 Å². The van der Waals surface area contributed by atoms with E-state index in [4.69, 9.17) is 53.8 Å². The standard InChI is InChI=1S/C12H17Cl3O9/c13-1-4-7(17)9(19)10(3-14,21-4)23-12-11(20,24-12)8(18)6(15)5(2-16)22-12/h4-9,16-20H,1-3H2/t4-,5-,6+,7-,8+,9+,10+,11-,12+/m1/s1. The molecule has 9 nitrogen and oxygen atoms in total. The van der Waals surface area contributed by atoms with Crippen LogP contribution >= 0.6 is 34.8 Å². The average Bonchev–Trinajstić information content (AvgIpc) is 3.10. The molecule has 0 aromatic carbocycles. The number of hydrogen-bond donors (Lipinski definition) is 5. The summed E-state index contributed by atoms with van der Waals surface area (Å²) in [5, 5.41) is 48.7. The second-order valence-corrected chi connectivity index (χ2v) is 6.96. The molecule has 0 spiro atoms. The van der Waals surface area contributed by atoms with Gasteiger partial charge >= 0.3 is 5.97 Å². The zero-order chi connectivity index (χ0) is 17.9. The van der Waals surface area contributed by atoms with Crippen LogP contribution < -0.4 is 0 Å². The lowest BCUT2D eigenvalue weighted by atomic mass is 10.0. The Bertz CT molecular complexity index is 500. The number of halogens is 3. The first-order chi connectivity index (χ1) is 11.2. The summed E-state index contributed by atoms with van der Waals surface area (Å²) >= 11 is 17.4. The second-order valence-electron chi connectivity index (χ2n) is 5.88. The van der Waals surface area contributed by atoms with Crippen LogP contribution in [0, 0.1) is 0 Å². The van der Waals surface area contributed by atoms with E-state index in [1.54, 1.807) is 0 Å². The third kappa shape index (κ3) is 2.50. The fourth-order valence-corrected chi connectivity index (χ4v) is 3.72. The van der Waals surface area contributed by atoms with Crippen LogP contribution in [-0.2, 0) is 18.9 Å². The fraction of sp³-hybridized carbons (Fsp3) is 1.00. The molecule has 3 rings (SSSR count). The van der Waals surface area contributed by atoms with Crippen molar-refractivity contribution >= 4 is 34.8 Å². The molecule has 0 unspecified atom stereocenters. The maximum absolute atomic E-state index is 10.3. The third-order valence-electron chi connectivity index (χ3n) is 4.38. The maximum atomic E-state index is 10.3. The zero-order valence-electron chi connectivity index (χ0n) is 12.1. The summed E-state index contributed by atoms with van der Waals surface area (Å²) < 4.78 is 21.2. The smallest absolute Gasteiger partial charge is 0.349 e. The minimum atomic E-state index is -2.35. The van der Waals surface area contributed by atoms with E-state index in [1.807, 2.05) is 0 Å². The molecule has 3 fully saturated rings. The summed E-state index contributed by atoms with van der Waals surface area (Å²) in [6, 6.07) is 0. The van der Waals surface area contributed by atoms with Crippen molar-refractivity contribution in [1.82, 2.24) is 0 Å². The lowest BCUT2D eigenvalue weighted by Crippen LogP contribution is -2.61. The Morgan fingerprint density at radius 3 is 2.21 bits per heavy atom. The third-order valence-corrected chi connectivity index (χ3v) is 5.58. The van der Waals surface area contributed by atoms with Gasteiger partial charge in [0.05, 0.1) is 23.7 Å². The van der Waals surface area contributed by atoms with Gasteiger partial charge < -0.3 is 35.0 Å². The van der Waals surface area contributed by atoms with Gasteiger partial charge in [0.25, 0.3) is 5.79 Å². The van der Waals surface area contributed by atoms with Crippen molar-refractivity contribution in [3.63, 3.8) is 0 Å². The molecule has 12 heteroatoms. The number of alkyl halides is 3. The van der Waals surface area contributed by atoms with E-state index in [2.05, 4.69) is 0 Å². The number of rotatable bonds is 5. The highest BCUT2D eigenvalue weighted by molar-refractivity contribution is 6.21. The van der Waals surface area contributed by atoms with Gasteiger partial charge in [-0.3, -0.25) is 9.47 Å². The van der Waals surface area contributed by atoms with Gasteiger partial charge in [0.15, 0.2) is 0 Å². The van der Waals surface area contributed by atoms with Crippen LogP contribution in [0.1, 0.15) is 0 Å². The largest absolute Gasteiger partial charge is 0.394 e. The maximum Gasteiger partial charge on any atom is 0.349 e. The number of epoxide rings is 1. The molecule has 0 amide bonds. The molecule has 5 N–H and O–H groups in total. The molecule has 3 aliphatic rings. The number of ether oxygens (including phenoxy) is 4. The van der Waals surface area contributed by atoms with Crippen LogP contribution in [0.3, 0.4) is 0 Å². The van der Waals surface area contributed by atoms with E-state index in [0.29, 0.717) is 0 Å². The van der Waals surface area contributed by atoms with Crippen molar-refractivity contribution in [3.05, 3.63) is 0 Å². The van der Waals surface area contributed by atoms with Gasteiger partial charge in [-0.05, 0) is 0 Å². The van der Waals surface area contributed by atoms with Gasteiger partial charge in [0, 0.05) is 0 Å². The lowest BCUT2D eigenvalue weighted by Gasteiger charge is -2.39. The normalized spacial score (nSPS) is 57.0. The van der Waals surface area contributed by atoms with Crippen LogP contribution in [0.5, 0.6) is 0 Å². The summed E-state index contributed by atoms with van der Waals surface area (Å²) in [5.74, 6) is -7.29. The molecule has 24 heavy (non-hydrogen) atoms.